The van der Waals surface area contributed by atoms with Gasteiger partial charge in [0.15, 0.2) is 0 Å². The van der Waals surface area contributed by atoms with E-state index in [9.17, 15) is 0 Å². The van der Waals surface area contributed by atoms with Gasteiger partial charge in [-0.05, 0) is 30.6 Å². The molecular weight excluding hydrogens is 124 g/mol. The van der Waals surface area contributed by atoms with Crippen molar-refractivity contribution < 1.29 is 0 Å². The molecule has 0 amide bonds. The maximum absolute atomic E-state index is 5.97. The minimum absolute atomic E-state index is 0.397. The van der Waals surface area contributed by atoms with Gasteiger partial charge >= 0.3 is 0 Å². The van der Waals surface area contributed by atoms with Gasteiger partial charge in [-0.3, -0.25) is 0 Å². The largest absolute Gasteiger partial charge is 0.327 e. The smallest absolute Gasteiger partial charge is 0.0110 e. The zero-order valence-electron chi connectivity index (χ0n) is 6.46. The highest BCUT2D eigenvalue weighted by Crippen LogP contribution is 2.46. The van der Waals surface area contributed by atoms with Crippen molar-refractivity contribution in [2.75, 3.05) is 0 Å². The molecule has 0 saturated heterocycles. The fraction of sp³-hybridized carbons (Fsp3) is 1.00. The molecule has 2 saturated carbocycles. The molecule has 0 aromatic rings. The van der Waals surface area contributed by atoms with Gasteiger partial charge < -0.3 is 11.5 Å². The Hall–Kier alpha value is -0.0800. The average Bonchev–Trinajstić information content (AvgIpc) is 2.36. The predicted octanol–water partition coefficient (Wildman–Crippen LogP) is 0.317. The van der Waals surface area contributed by atoms with Crippen LogP contribution in [0.4, 0.5) is 0 Å². The van der Waals surface area contributed by atoms with Gasteiger partial charge in [0.2, 0.25) is 0 Å². The third-order valence-corrected chi connectivity index (χ3v) is 3.54. The van der Waals surface area contributed by atoms with E-state index in [0.29, 0.717) is 18.0 Å². The number of fused-ring (bicyclic) bond motifs is 2. The quantitative estimate of drug-likeness (QED) is 0.509. The lowest BCUT2D eigenvalue weighted by Crippen LogP contribution is -2.44. The summed E-state index contributed by atoms with van der Waals surface area (Å²) in [5.74, 6) is 2.21. The zero-order valence-corrected chi connectivity index (χ0v) is 6.46. The molecule has 4 N–H and O–H groups in total. The van der Waals surface area contributed by atoms with Gasteiger partial charge in [0.25, 0.3) is 0 Å². The number of hydrogen-bond donors (Lipinski definition) is 2. The standard InChI is InChI=1S/C8H16N2/c1-4-5-2-6(8(4)10)7(9)3-5/h4-8H,2-3,9-10H2,1H3/t4-,5?,6?,7-,8+/m0/s1. The molecule has 5 atom stereocenters. The summed E-state index contributed by atoms with van der Waals surface area (Å²) < 4.78 is 0. The summed E-state index contributed by atoms with van der Waals surface area (Å²) in [6, 6.07) is 0.810. The average molecular weight is 140 g/mol. The molecule has 10 heavy (non-hydrogen) atoms. The Kier molecular flexibility index (Phi) is 1.29. The maximum atomic E-state index is 5.97. The van der Waals surface area contributed by atoms with Crippen molar-refractivity contribution in [3.8, 4) is 0 Å². The van der Waals surface area contributed by atoms with E-state index >= 15 is 0 Å². The Balaban J connectivity index is 2.16. The Labute approximate surface area is 62.0 Å². The summed E-state index contributed by atoms with van der Waals surface area (Å²) in [6.45, 7) is 2.27. The summed E-state index contributed by atoms with van der Waals surface area (Å²) in [5.41, 5.74) is 11.9. The van der Waals surface area contributed by atoms with Gasteiger partial charge in [-0.1, -0.05) is 6.92 Å². The van der Waals surface area contributed by atoms with Crippen LogP contribution in [0.25, 0.3) is 0 Å². The fourth-order valence-corrected chi connectivity index (χ4v) is 2.72. The SMILES string of the molecule is C[C@H]1C2CC([C@@H](N)C2)[C@@H]1N. The molecule has 0 spiro atoms. The van der Waals surface area contributed by atoms with Gasteiger partial charge in [0.05, 0.1) is 0 Å². The number of rotatable bonds is 0. The summed E-state index contributed by atoms with van der Waals surface area (Å²) in [4.78, 5) is 0. The third-order valence-electron chi connectivity index (χ3n) is 3.54. The van der Waals surface area contributed by atoms with Crippen LogP contribution in [0.3, 0.4) is 0 Å². The van der Waals surface area contributed by atoms with Crippen LogP contribution in [0.2, 0.25) is 0 Å². The second kappa shape index (κ2) is 1.95. The molecule has 0 heterocycles. The lowest BCUT2D eigenvalue weighted by molar-refractivity contribution is 0.283. The summed E-state index contributed by atoms with van der Waals surface area (Å²) in [7, 11) is 0. The van der Waals surface area contributed by atoms with Crippen molar-refractivity contribution in [1.82, 2.24) is 0 Å². The Morgan fingerprint density at radius 2 is 1.90 bits per heavy atom. The second-order valence-electron chi connectivity index (χ2n) is 4.00. The summed E-state index contributed by atoms with van der Waals surface area (Å²) in [6.07, 6.45) is 2.52. The lowest BCUT2D eigenvalue weighted by Gasteiger charge is -2.28. The van der Waals surface area contributed by atoms with E-state index in [2.05, 4.69) is 6.92 Å². The van der Waals surface area contributed by atoms with Gasteiger partial charge in [-0.25, -0.2) is 0 Å². The monoisotopic (exact) mass is 140 g/mol. The molecule has 2 aliphatic carbocycles. The summed E-state index contributed by atoms with van der Waals surface area (Å²) in [5, 5.41) is 0. The molecule has 2 nitrogen and oxygen atoms in total. The molecule has 0 aromatic carbocycles. The van der Waals surface area contributed by atoms with E-state index < -0.39 is 0 Å². The van der Waals surface area contributed by atoms with Gasteiger partial charge in [0.1, 0.15) is 0 Å². The third kappa shape index (κ3) is 0.663. The number of hydrogen-bond acceptors (Lipinski definition) is 2. The number of nitrogens with two attached hydrogens (primary N) is 2. The predicted molar refractivity (Wildman–Crippen MR) is 41.3 cm³/mol. The molecule has 58 valence electrons. The van der Waals surface area contributed by atoms with E-state index in [1.165, 1.54) is 12.8 Å². The molecule has 2 aliphatic rings. The highest BCUT2D eigenvalue weighted by atomic mass is 14.8. The molecule has 0 aliphatic heterocycles. The Bertz CT molecular complexity index is 144. The first-order chi connectivity index (χ1) is 4.70. The lowest BCUT2D eigenvalue weighted by atomic mass is 9.84. The fourth-order valence-electron chi connectivity index (χ4n) is 2.72. The zero-order chi connectivity index (χ0) is 7.30. The highest BCUT2D eigenvalue weighted by Gasteiger charge is 2.47. The first kappa shape index (κ1) is 6.62. The highest BCUT2D eigenvalue weighted by molar-refractivity contribution is 5.03. The van der Waals surface area contributed by atoms with Crippen LogP contribution >= 0.6 is 0 Å². The first-order valence-electron chi connectivity index (χ1n) is 4.21. The first-order valence-corrected chi connectivity index (χ1v) is 4.21. The molecule has 2 fully saturated rings. The molecule has 2 heteroatoms. The molecule has 0 radical (unpaired) electrons. The van der Waals surface area contributed by atoms with Crippen molar-refractivity contribution in [3.63, 3.8) is 0 Å². The normalized spacial score (nSPS) is 59.7. The van der Waals surface area contributed by atoms with Crippen LogP contribution in [0.1, 0.15) is 19.8 Å². The topological polar surface area (TPSA) is 52.0 Å². The van der Waals surface area contributed by atoms with E-state index in [1.54, 1.807) is 0 Å². The van der Waals surface area contributed by atoms with Crippen LogP contribution in [-0.4, -0.2) is 12.1 Å². The summed E-state index contributed by atoms with van der Waals surface area (Å²) >= 11 is 0. The van der Waals surface area contributed by atoms with Crippen molar-refractivity contribution in [2.45, 2.75) is 31.8 Å². The van der Waals surface area contributed by atoms with E-state index in [1.807, 2.05) is 0 Å². The van der Waals surface area contributed by atoms with Gasteiger partial charge in [-0.2, -0.15) is 0 Å². The Morgan fingerprint density at radius 3 is 2.30 bits per heavy atom. The molecular formula is C8H16N2. The van der Waals surface area contributed by atoms with E-state index in [0.717, 1.165) is 11.8 Å². The minimum atomic E-state index is 0.397. The molecule has 2 rings (SSSR count). The second-order valence-corrected chi connectivity index (χ2v) is 4.00. The van der Waals surface area contributed by atoms with E-state index in [-0.39, 0.29) is 0 Å². The van der Waals surface area contributed by atoms with Crippen LogP contribution in [0.15, 0.2) is 0 Å². The van der Waals surface area contributed by atoms with Crippen LogP contribution < -0.4 is 11.5 Å². The molecule has 2 bridgehead atoms. The minimum Gasteiger partial charge on any atom is -0.327 e. The van der Waals surface area contributed by atoms with Gasteiger partial charge in [-0.15, -0.1) is 0 Å². The maximum Gasteiger partial charge on any atom is 0.0110 e. The van der Waals surface area contributed by atoms with Gasteiger partial charge in [0, 0.05) is 12.1 Å². The van der Waals surface area contributed by atoms with E-state index in [4.69, 9.17) is 11.5 Å². The molecule has 0 aromatic heterocycles. The van der Waals surface area contributed by atoms with Crippen molar-refractivity contribution in [2.24, 2.45) is 29.2 Å². The van der Waals surface area contributed by atoms with Crippen LogP contribution in [0, 0.1) is 17.8 Å². The Morgan fingerprint density at radius 1 is 1.20 bits per heavy atom. The van der Waals surface area contributed by atoms with Crippen molar-refractivity contribution in [1.29, 1.82) is 0 Å². The van der Waals surface area contributed by atoms with Crippen LogP contribution in [-0.2, 0) is 0 Å². The van der Waals surface area contributed by atoms with Crippen LogP contribution in [0.5, 0.6) is 0 Å². The van der Waals surface area contributed by atoms with Crippen molar-refractivity contribution >= 4 is 0 Å². The van der Waals surface area contributed by atoms with Crippen molar-refractivity contribution in [3.05, 3.63) is 0 Å². The molecule has 2 unspecified atom stereocenters.